The van der Waals surface area contributed by atoms with Gasteiger partial charge in [0.2, 0.25) is 5.91 Å². The summed E-state index contributed by atoms with van der Waals surface area (Å²) in [5.41, 5.74) is 4.46. The maximum atomic E-state index is 13.0. The Labute approximate surface area is 159 Å². The lowest BCUT2D eigenvalue weighted by Gasteiger charge is -2.18. The number of Topliss-reactive ketones (excluding diaryl/α,β-unsaturated/α-hetero) is 1. The van der Waals surface area contributed by atoms with Crippen LogP contribution >= 0.6 is 0 Å². The van der Waals surface area contributed by atoms with Crippen LogP contribution in [0, 0.1) is 11.8 Å². The minimum atomic E-state index is -0.124. The highest BCUT2D eigenvalue weighted by molar-refractivity contribution is 6.05. The summed E-state index contributed by atoms with van der Waals surface area (Å²) >= 11 is 0. The molecule has 0 spiro atoms. The lowest BCUT2D eigenvalue weighted by Crippen LogP contribution is -2.44. The Hall–Kier alpha value is -1.98. The van der Waals surface area contributed by atoms with E-state index in [0.29, 0.717) is 19.6 Å². The van der Waals surface area contributed by atoms with E-state index in [2.05, 4.69) is 17.4 Å². The first-order valence-corrected chi connectivity index (χ1v) is 9.96. The Bertz CT molecular complexity index is 825. The largest absolute Gasteiger partial charge is 0.373 e. The number of allylic oxidation sites excluding steroid dienone is 2. The van der Waals surface area contributed by atoms with Gasteiger partial charge in [-0.3, -0.25) is 9.59 Å². The molecule has 0 unspecified atom stereocenters. The predicted octanol–water partition coefficient (Wildman–Crippen LogP) is 2.28. The molecule has 0 radical (unpaired) electrons. The highest BCUT2D eigenvalue weighted by atomic mass is 16.6. The van der Waals surface area contributed by atoms with Gasteiger partial charge in [-0.1, -0.05) is 24.3 Å². The Morgan fingerprint density at radius 1 is 1.11 bits per heavy atom. The third kappa shape index (κ3) is 3.03. The summed E-state index contributed by atoms with van der Waals surface area (Å²) in [4.78, 5) is 25.0. The third-order valence-electron chi connectivity index (χ3n) is 6.46. The zero-order chi connectivity index (χ0) is 18.5. The summed E-state index contributed by atoms with van der Waals surface area (Å²) in [6.45, 7) is 3.05. The summed E-state index contributed by atoms with van der Waals surface area (Å²) < 4.78 is 11.9. The molecule has 1 saturated carbocycles. The lowest BCUT2D eigenvalue weighted by atomic mass is 9.91. The van der Waals surface area contributed by atoms with Gasteiger partial charge in [0, 0.05) is 30.3 Å². The fraction of sp³-hybridized carbons (Fsp3) is 0.545. The molecule has 2 aliphatic carbocycles. The molecule has 2 saturated heterocycles. The van der Waals surface area contributed by atoms with Crippen molar-refractivity contribution in [1.82, 2.24) is 5.32 Å². The molecule has 2 heterocycles. The van der Waals surface area contributed by atoms with Gasteiger partial charge in [0.1, 0.15) is 6.10 Å². The number of ketones is 1. The van der Waals surface area contributed by atoms with E-state index in [9.17, 15) is 9.59 Å². The van der Waals surface area contributed by atoms with Crippen molar-refractivity contribution < 1.29 is 19.1 Å². The number of ether oxygens (including phenoxy) is 2. The van der Waals surface area contributed by atoms with Crippen molar-refractivity contribution in [2.45, 2.75) is 50.9 Å². The van der Waals surface area contributed by atoms with Gasteiger partial charge < -0.3 is 14.8 Å². The van der Waals surface area contributed by atoms with Crippen molar-refractivity contribution >= 4 is 17.3 Å². The monoisotopic (exact) mass is 367 g/mol. The van der Waals surface area contributed by atoms with E-state index >= 15 is 0 Å². The van der Waals surface area contributed by atoms with Crippen molar-refractivity contribution in [3.8, 4) is 0 Å². The summed E-state index contributed by atoms with van der Waals surface area (Å²) in [5, 5.41) is 3.08. The molecular formula is C22H25NO4. The van der Waals surface area contributed by atoms with Gasteiger partial charge in [-0.2, -0.15) is 0 Å². The van der Waals surface area contributed by atoms with Gasteiger partial charge in [0.15, 0.2) is 5.78 Å². The molecule has 3 fully saturated rings. The van der Waals surface area contributed by atoms with Crippen LogP contribution in [0.5, 0.6) is 0 Å². The van der Waals surface area contributed by atoms with Crippen LogP contribution in [0.4, 0.5) is 0 Å². The summed E-state index contributed by atoms with van der Waals surface area (Å²) in [6, 6.07) is 8.15. The number of carbonyl (C=O) groups is 2. The van der Waals surface area contributed by atoms with Crippen molar-refractivity contribution in [2.75, 3.05) is 13.2 Å². The van der Waals surface area contributed by atoms with Gasteiger partial charge in [-0.05, 0) is 36.5 Å². The standard InChI is InChI=1S/C22H25NO4/c1-12-16-5-3-2-4-14(16)8-17(12)19(24)9-15-10-26-21-18(11-27-20(15)21)23-22(25)13-6-7-13/h2-5,13,15,18,20-21H,6-11H2,1H3,(H,23,25)/t15-,18-,20+,21+/m0/s1. The molecule has 1 aromatic rings. The van der Waals surface area contributed by atoms with E-state index in [0.717, 1.165) is 30.4 Å². The Balaban J connectivity index is 1.23. The molecule has 1 aromatic carbocycles. The van der Waals surface area contributed by atoms with E-state index in [4.69, 9.17) is 9.47 Å². The van der Waals surface area contributed by atoms with Gasteiger partial charge >= 0.3 is 0 Å². The van der Waals surface area contributed by atoms with Crippen LogP contribution in [0.15, 0.2) is 29.8 Å². The van der Waals surface area contributed by atoms with E-state index in [-0.39, 0.29) is 41.8 Å². The zero-order valence-corrected chi connectivity index (χ0v) is 15.6. The van der Waals surface area contributed by atoms with Gasteiger partial charge in [0.25, 0.3) is 0 Å². The van der Waals surface area contributed by atoms with E-state index in [1.54, 1.807) is 0 Å². The molecule has 1 amide bonds. The second kappa shape index (κ2) is 6.57. The van der Waals surface area contributed by atoms with Crippen molar-refractivity contribution in [3.05, 3.63) is 41.0 Å². The number of carbonyl (C=O) groups excluding carboxylic acids is 2. The maximum absolute atomic E-state index is 13.0. The van der Waals surface area contributed by atoms with Crippen LogP contribution in [0.1, 0.15) is 37.3 Å². The quantitative estimate of drug-likeness (QED) is 0.867. The molecule has 5 rings (SSSR count). The Morgan fingerprint density at radius 2 is 1.89 bits per heavy atom. The molecule has 1 N–H and O–H groups in total. The average molecular weight is 367 g/mol. The molecule has 5 heteroatoms. The Morgan fingerprint density at radius 3 is 2.67 bits per heavy atom. The molecule has 2 aliphatic heterocycles. The number of benzene rings is 1. The van der Waals surface area contributed by atoms with Gasteiger partial charge in [-0.15, -0.1) is 0 Å². The molecule has 0 aromatic heterocycles. The highest BCUT2D eigenvalue weighted by Crippen LogP contribution is 2.38. The minimum Gasteiger partial charge on any atom is -0.373 e. The van der Waals surface area contributed by atoms with Crippen LogP contribution in [-0.2, 0) is 25.5 Å². The van der Waals surface area contributed by atoms with Crippen LogP contribution < -0.4 is 5.32 Å². The van der Waals surface area contributed by atoms with Gasteiger partial charge in [-0.25, -0.2) is 0 Å². The highest BCUT2D eigenvalue weighted by Gasteiger charge is 2.49. The Kier molecular flexibility index (Phi) is 4.17. The number of hydrogen-bond acceptors (Lipinski definition) is 4. The van der Waals surface area contributed by atoms with Crippen LogP contribution in [0.3, 0.4) is 0 Å². The molecule has 4 aliphatic rings. The van der Waals surface area contributed by atoms with Crippen molar-refractivity contribution in [3.63, 3.8) is 0 Å². The molecular weight excluding hydrogens is 342 g/mol. The summed E-state index contributed by atoms with van der Waals surface area (Å²) in [6.07, 6.45) is 2.93. The molecule has 5 nitrogen and oxygen atoms in total. The second-order valence-electron chi connectivity index (χ2n) is 8.31. The number of rotatable bonds is 5. The SMILES string of the molecule is CC1=C(C(=O)C[C@H]2CO[C@H]3[C@@H]2OC[C@@H]3NC(=O)C2CC2)Cc2ccccc21. The summed E-state index contributed by atoms with van der Waals surface area (Å²) in [7, 11) is 0. The van der Waals surface area contributed by atoms with E-state index in [1.165, 1.54) is 11.1 Å². The first-order chi connectivity index (χ1) is 13.1. The third-order valence-corrected chi connectivity index (χ3v) is 6.46. The van der Waals surface area contributed by atoms with Crippen molar-refractivity contribution in [2.24, 2.45) is 11.8 Å². The second-order valence-corrected chi connectivity index (χ2v) is 8.31. The van der Waals surface area contributed by atoms with E-state index in [1.807, 2.05) is 19.1 Å². The number of hydrogen-bond donors (Lipinski definition) is 1. The van der Waals surface area contributed by atoms with Crippen LogP contribution in [0.2, 0.25) is 0 Å². The fourth-order valence-electron chi connectivity index (χ4n) is 4.72. The number of nitrogens with one attached hydrogen (secondary N) is 1. The minimum absolute atomic E-state index is 0.0642. The van der Waals surface area contributed by atoms with Crippen molar-refractivity contribution in [1.29, 1.82) is 0 Å². The topological polar surface area (TPSA) is 64.6 Å². The number of amides is 1. The first-order valence-electron chi connectivity index (χ1n) is 9.96. The lowest BCUT2D eigenvalue weighted by molar-refractivity contribution is -0.123. The maximum Gasteiger partial charge on any atom is 0.223 e. The average Bonchev–Trinajstić information content (AvgIpc) is 3.23. The molecule has 142 valence electrons. The van der Waals surface area contributed by atoms with Crippen LogP contribution in [-0.4, -0.2) is 43.2 Å². The fourth-order valence-corrected chi connectivity index (χ4v) is 4.72. The smallest absolute Gasteiger partial charge is 0.223 e. The van der Waals surface area contributed by atoms with Gasteiger partial charge in [0.05, 0.1) is 25.4 Å². The first kappa shape index (κ1) is 17.1. The molecule has 0 bridgehead atoms. The number of fused-ring (bicyclic) bond motifs is 2. The zero-order valence-electron chi connectivity index (χ0n) is 15.6. The normalized spacial score (nSPS) is 31.7. The van der Waals surface area contributed by atoms with E-state index < -0.39 is 0 Å². The van der Waals surface area contributed by atoms with Crippen LogP contribution in [0.25, 0.3) is 5.57 Å². The molecule has 27 heavy (non-hydrogen) atoms. The molecule has 4 atom stereocenters. The summed E-state index contributed by atoms with van der Waals surface area (Å²) in [5.74, 6) is 0.569. The predicted molar refractivity (Wildman–Crippen MR) is 100.0 cm³/mol.